The highest BCUT2D eigenvalue weighted by molar-refractivity contribution is 6.11. The zero-order valence-corrected chi connectivity index (χ0v) is 11.1. The summed E-state index contributed by atoms with van der Waals surface area (Å²) in [7, 11) is 0. The summed E-state index contributed by atoms with van der Waals surface area (Å²) < 4.78 is 13.0. The average molecular weight is 280 g/mol. The topological polar surface area (TPSA) is 55.1 Å². The van der Waals surface area contributed by atoms with Crippen molar-refractivity contribution in [3.05, 3.63) is 72.0 Å². The van der Waals surface area contributed by atoms with Gasteiger partial charge in [-0.05, 0) is 29.7 Å². The van der Waals surface area contributed by atoms with Crippen molar-refractivity contribution in [2.45, 2.75) is 0 Å². The third-order valence-electron chi connectivity index (χ3n) is 3.30. The second-order valence-electron chi connectivity index (χ2n) is 4.71. The molecule has 104 valence electrons. The molecule has 0 radical (unpaired) electrons. The van der Waals surface area contributed by atoms with E-state index in [2.05, 4.69) is 5.32 Å². The third kappa shape index (κ3) is 2.56. The minimum absolute atomic E-state index is 0.118. The molecule has 0 aliphatic heterocycles. The number of benzene rings is 3. The Morgan fingerprint density at radius 2 is 1.76 bits per heavy atom. The molecule has 0 fully saturated rings. The summed E-state index contributed by atoms with van der Waals surface area (Å²) in [4.78, 5) is 12.3. The van der Waals surface area contributed by atoms with Crippen molar-refractivity contribution in [3.63, 3.8) is 0 Å². The molecule has 0 unspecified atom stereocenters. The van der Waals surface area contributed by atoms with E-state index in [0.29, 0.717) is 5.69 Å². The minimum Gasteiger partial charge on any atom is -0.398 e. The first-order valence-electron chi connectivity index (χ1n) is 6.49. The normalized spacial score (nSPS) is 10.5. The van der Waals surface area contributed by atoms with Crippen molar-refractivity contribution >= 4 is 28.1 Å². The molecule has 1 amide bonds. The summed E-state index contributed by atoms with van der Waals surface area (Å²) in [6.45, 7) is 0. The van der Waals surface area contributed by atoms with E-state index < -0.39 is 5.82 Å². The molecular weight excluding hydrogens is 267 g/mol. The molecular formula is C17H13FN2O. The van der Waals surface area contributed by atoms with Crippen molar-refractivity contribution in [3.8, 4) is 0 Å². The molecule has 3 N–H and O–H groups in total. The number of rotatable bonds is 2. The zero-order chi connectivity index (χ0) is 14.8. The van der Waals surface area contributed by atoms with E-state index in [1.807, 2.05) is 42.5 Å². The number of amides is 1. The van der Waals surface area contributed by atoms with E-state index in [1.165, 1.54) is 12.1 Å². The van der Waals surface area contributed by atoms with Gasteiger partial charge in [-0.25, -0.2) is 4.39 Å². The molecule has 3 aromatic rings. The van der Waals surface area contributed by atoms with Crippen molar-refractivity contribution in [1.82, 2.24) is 0 Å². The lowest BCUT2D eigenvalue weighted by Gasteiger charge is -2.10. The first-order chi connectivity index (χ1) is 10.1. The Morgan fingerprint density at radius 3 is 2.57 bits per heavy atom. The van der Waals surface area contributed by atoms with Crippen LogP contribution in [-0.2, 0) is 0 Å². The zero-order valence-electron chi connectivity index (χ0n) is 11.1. The number of nitrogen functional groups attached to an aromatic ring is 1. The Morgan fingerprint density at radius 1 is 1.00 bits per heavy atom. The van der Waals surface area contributed by atoms with Crippen molar-refractivity contribution < 1.29 is 9.18 Å². The van der Waals surface area contributed by atoms with Crippen molar-refractivity contribution in [2.75, 3.05) is 11.1 Å². The predicted molar refractivity (Wildman–Crippen MR) is 82.7 cm³/mol. The lowest BCUT2D eigenvalue weighted by Crippen LogP contribution is -2.14. The fourth-order valence-electron chi connectivity index (χ4n) is 2.26. The molecule has 3 aromatic carbocycles. The SMILES string of the molecule is Nc1cc(F)ccc1C(=O)Nc1cccc2ccccc12. The first-order valence-corrected chi connectivity index (χ1v) is 6.49. The predicted octanol–water partition coefficient (Wildman–Crippen LogP) is 3.81. The molecule has 0 aliphatic rings. The number of carbonyl (C=O) groups is 1. The van der Waals surface area contributed by atoms with Gasteiger partial charge in [0.25, 0.3) is 5.91 Å². The number of carbonyl (C=O) groups excluding carboxylic acids is 1. The van der Waals surface area contributed by atoms with Gasteiger partial charge in [-0.2, -0.15) is 0 Å². The number of hydrogen-bond donors (Lipinski definition) is 2. The highest BCUT2D eigenvalue weighted by Crippen LogP contribution is 2.24. The molecule has 3 nitrogen and oxygen atoms in total. The summed E-state index contributed by atoms with van der Waals surface area (Å²) in [5.41, 5.74) is 6.76. The van der Waals surface area contributed by atoms with Crippen LogP contribution >= 0.6 is 0 Å². The van der Waals surface area contributed by atoms with Gasteiger partial charge in [0.2, 0.25) is 0 Å². The van der Waals surface area contributed by atoms with Gasteiger partial charge in [0, 0.05) is 16.8 Å². The molecule has 0 spiro atoms. The van der Waals surface area contributed by atoms with Crippen LogP contribution in [0.25, 0.3) is 10.8 Å². The molecule has 0 saturated carbocycles. The summed E-state index contributed by atoms with van der Waals surface area (Å²) in [5, 5.41) is 4.79. The molecule has 0 aromatic heterocycles. The lowest BCUT2D eigenvalue weighted by atomic mass is 10.1. The van der Waals surface area contributed by atoms with Crippen molar-refractivity contribution in [2.24, 2.45) is 0 Å². The average Bonchev–Trinajstić information content (AvgIpc) is 2.47. The van der Waals surface area contributed by atoms with Crippen LogP contribution in [-0.4, -0.2) is 5.91 Å². The van der Waals surface area contributed by atoms with Crippen LogP contribution < -0.4 is 11.1 Å². The smallest absolute Gasteiger partial charge is 0.257 e. The fraction of sp³-hybridized carbons (Fsp3) is 0. The van der Waals surface area contributed by atoms with Gasteiger partial charge < -0.3 is 11.1 Å². The van der Waals surface area contributed by atoms with Gasteiger partial charge in [-0.15, -0.1) is 0 Å². The Hall–Kier alpha value is -2.88. The molecule has 4 heteroatoms. The number of nitrogens with two attached hydrogens (primary N) is 1. The van der Waals surface area contributed by atoms with E-state index >= 15 is 0 Å². The van der Waals surface area contributed by atoms with Crippen LogP contribution in [0, 0.1) is 5.82 Å². The summed E-state index contributed by atoms with van der Waals surface area (Å²) in [6.07, 6.45) is 0. The number of fused-ring (bicyclic) bond motifs is 1. The maximum absolute atomic E-state index is 13.0. The maximum Gasteiger partial charge on any atom is 0.257 e. The van der Waals surface area contributed by atoms with E-state index in [4.69, 9.17) is 5.73 Å². The van der Waals surface area contributed by atoms with Gasteiger partial charge in [0.15, 0.2) is 0 Å². The molecule has 0 atom stereocenters. The number of nitrogens with one attached hydrogen (secondary N) is 1. The lowest BCUT2D eigenvalue weighted by molar-refractivity contribution is 0.102. The van der Waals surface area contributed by atoms with Crippen LogP contribution in [0.5, 0.6) is 0 Å². The quantitative estimate of drug-likeness (QED) is 0.701. The molecule has 0 heterocycles. The second kappa shape index (κ2) is 5.25. The van der Waals surface area contributed by atoms with Crippen LogP contribution in [0.3, 0.4) is 0 Å². The molecule has 0 saturated heterocycles. The monoisotopic (exact) mass is 280 g/mol. The second-order valence-corrected chi connectivity index (χ2v) is 4.71. The molecule has 0 aliphatic carbocycles. The third-order valence-corrected chi connectivity index (χ3v) is 3.30. The van der Waals surface area contributed by atoms with Crippen LogP contribution in [0.15, 0.2) is 60.7 Å². The highest BCUT2D eigenvalue weighted by Gasteiger charge is 2.11. The largest absolute Gasteiger partial charge is 0.398 e. The van der Waals surface area contributed by atoms with Crippen LogP contribution in [0.4, 0.5) is 15.8 Å². The van der Waals surface area contributed by atoms with Crippen molar-refractivity contribution in [1.29, 1.82) is 0 Å². The van der Waals surface area contributed by atoms with E-state index in [9.17, 15) is 9.18 Å². The van der Waals surface area contributed by atoms with Gasteiger partial charge in [-0.1, -0.05) is 36.4 Å². The van der Waals surface area contributed by atoms with Crippen LogP contribution in [0.2, 0.25) is 0 Å². The number of hydrogen-bond acceptors (Lipinski definition) is 2. The molecule has 21 heavy (non-hydrogen) atoms. The Bertz CT molecular complexity index is 825. The number of anilines is 2. The van der Waals surface area contributed by atoms with Gasteiger partial charge in [0.05, 0.1) is 5.56 Å². The van der Waals surface area contributed by atoms with E-state index in [1.54, 1.807) is 0 Å². The van der Waals surface area contributed by atoms with E-state index in [-0.39, 0.29) is 17.2 Å². The van der Waals surface area contributed by atoms with Gasteiger partial charge in [-0.3, -0.25) is 4.79 Å². The summed E-state index contributed by atoms with van der Waals surface area (Å²) >= 11 is 0. The number of halogens is 1. The van der Waals surface area contributed by atoms with Gasteiger partial charge in [0.1, 0.15) is 5.82 Å². The minimum atomic E-state index is -0.464. The van der Waals surface area contributed by atoms with Gasteiger partial charge >= 0.3 is 0 Å². The van der Waals surface area contributed by atoms with E-state index in [0.717, 1.165) is 16.8 Å². The Balaban J connectivity index is 1.97. The fourth-order valence-corrected chi connectivity index (χ4v) is 2.26. The summed E-state index contributed by atoms with van der Waals surface area (Å²) in [5.74, 6) is -0.821. The molecule has 0 bridgehead atoms. The Labute approximate surface area is 121 Å². The first kappa shape index (κ1) is 13.1. The Kier molecular flexibility index (Phi) is 3.28. The maximum atomic E-state index is 13.0. The standard InChI is InChI=1S/C17H13FN2O/c18-12-8-9-14(15(19)10-12)17(21)20-16-7-3-5-11-4-1-2-6-13(11)16/h1-10H,19H2,(H,20,21). The molecule has 3 rings (SSSR count). The van der Waals surface area contributed by atoms with Crippen LogP contribution in [0.1, 0.15) is 10.4 Å². The summed E-state index contributed by atoms with van der Waals surface area (Å²) in [6, 6.07) is 17.1. The highest BCUT2D eigenvalue weighted by atomic mass is 19.1.